The normalized spacial score (nSPS) is 10.1. The van der Waals surface area contributed by atoms with Crippen molar-refractivity contribution in [3.63, 3.8) is 0 Å². The van der Waals surface area contributed by atoms with Crippen LogP contribution in [0.15, 0.2) is 18.3 Å². The Kier molecular flexibility index (Phi) is 2.25. The number of alkyl halides is 2. The first-order valence-corrected chi connectivity index (χ1v) is 2.93. The third kappa shape index (κ3) is 1.80. The Morgan fingerprint density at radius 2 is 2.27 bits per heavy atom. The summed E-state index contributed by atoms with van der Waals surface area (Å²) in [5, 5.41) is 0. The first-order valence-electron chi connectivity index (χ1n) is 2.93. The number of hydrogen-bond acceptors (Lipinski definition) is 2. The molecule has 4 heteroatoms. The molecular formula is C7H5F2NO. The molecule has 2 nitrogen and oxygen atoms in total. The van der Waals surface area contributed by atoms with Crippen LogP contribution >= 0.6 is 0 Å². The molecule has 1 rings (SSSR count). The van der Waals surface area contributed by atoms with E-state index in [-0.39, 0.29) is 11.3 Å². The van der Waals surface area contributed by atoms with E-state index in [4.69, 9.17) is 0 Å². The predicted molar refractivity (Wildman–Crippen MR) is 34.6 cm³/mol. The lowest BCUT2D eigenvalue weighted by Crippen LogP contribution is -1.90. The summed E-state index contributed by atoms with van der Waals surface area (Å²) in [6, 6.07) is 2.25. The van der Waals surface area contributed by atoms with Gasteiger partial charge in [-0.15, -0.1) is 0 Å². The maximum atomic E-state index is 11.9. The van der Waals surface area contributed by atoms with Crippen LogP contribution in [0.2, 0.25) is 0 Å². The van der Waals surface area contributed by atoms with Gasteiger partial charge in [-0.25, -0.2) is 8.78 Å². The third-order valence-electron chi connectivity index (χ3n) is 1.18. The maximum absolute atomic E-state index is 11.9. The molecule has 0 spiro atoms. The van der Waals surface area contributed by atoms with E-state index < -0.39 is 6.43 Å². The Labute approximate surface area is 61.9 Å². The molecule has 0 aromatic carbocycles. The standard InChI is InChI=1S/C7H5F2NO/c8-7(9)5-1-2-10-6(3-5)4-11/h1-4,7H. The summed E-state index contributed by atoms with van der Waals surface area (Å²) in [5.74, 6) is 0. The second-order valence-corrected chi connectivity index (χ2v) is 1.93. The number of carbonyl (C=O) groups excluding carboxylic acids is 1. The molecule has 0 bridgehead atoms. The van der Waals surface area contributed by atoms with Gasteiger partial charge in [0.2, 0.25) is 0 Å². The van der Waals surface area contributed by atoms with Gasteiger partial charge in [0.25, 0.3) is 6.43 Å². The monoisotopic (exact) mass is 157 g/mol. The summed E-state index contributed by atoms with van der Waals surface area (Å²) in [6.07, 6.45) is -0.923. The zero-order valence-electron chi connectivity index (χ0n) is 5.50. The van der Waals surface area contributed by atoms with Crippen molar-refractivity contribution in [3.05, 3.63) is 29.6 Å². The van der Waals surface area contributed by atoms with Crippen molar-refractivity contribution < 1.29 is 13.6 Å². The fourth-order valence-corrected chi connectivity index (χ4v) is 0.666. The average Bonchev–Trinajstić information content (AvgIpc) is 2.05. The summed E-state index contributed by atoms with van der Waals surface area (Å²) in [7, 11) is 0. The van der Waals surface area contributed by atoms with Crippen molar-refractivity contribution in [2.24, 2.45) is 0 Å². The highest BCUT2D eigenvalue weighted by Gasteiger charge is 2.06. The molecule has 11 heavy (non-hydrogen) atoms. The van der Waals surface area contributed by atoms with E-state index in [9.17, 15) is 13.6 Å². The van der Waals surface area contributed by atoms with Crippen LogP contribution in [0, 0.1) is 0 Å². The van der Waals surface area contributed by atoms with Crippen molar-refractivity contribution in [2.45, 2.75) is 6.43 Å². The molecule has 0 amide bonds. The van der Waals surface area contributed by atoms with E-state index in [0.29, 0.717) is 6.29 Å². The fraction of sp³-hybridized carbons (Fsp3) is 0.143. The number of rotatable bonds is 2. The number of aromatic nitrogens is 1. The van der Waals surface area contributed by atoms with Crippen LogP contribution in [0.25, 0.3) is 0 Å². The van der Waals surface area contributed by atoms with Gasteiger partial charge < -0.3 is 0 Å². The number of hydrogen-bond donors (Lipinski definition) is 0. The molecule has 1 aromatic heterocycles. The van der Waals surface area contributed by atoms with E-state index in [2.05, 4.69) is 4.98 Å². The summed E-state index contributed by atoms with van der Waals surface area (Å²) in [5.41, 5.74) is -0.148. The van der Waals surface area contributed by atoms with Crippen molar-refractivity contribution in [2.75, 3.05) is 0 Å². The van der Waals surface area contributed by atoms with Gasteiger partial charge in [0.15, 0.2) is 6.29 Å². The minimum atomic E-state index is -2.54. The molecule has 0 radical (unpaired) electrons. The molecule has 0 saturated carbocycles. The van der Waals surface area contributed by atoms with Crippen LogP contribution in [0.5, 0.6) is 0 Å². The van der Waals surface area contributed by atoms with Gasteiger partial charge >= 0.3 is 0 Å². The van der Waals surface area contributed by atoms with Crippen LogP contribution < -0.4 is 0 Å². The average molecular weight is 157 g/mol. The quantitative estimate of drug-likeness (QED) is 0.613. The minimum Gasteiger partial charge on any atom is -0.296 e. The van der Waals surface area contributed by atoms with Gasteiger partial charge in [0, 0.05) is 11.8 Å². The highest BCUT2D eigenvalue weighted by atomic mass is 19.3. The highest BCUT2D eigenvalue weighted by molar-refractivity contribution is 5.71. The Balaban J connectivity index is 3.00. The lowest BCUT2D eigenvalue weighted by molar-refractivity contribution is 0.111. The maximum Gasteiger partial charge on any atom is 0.263 e. The number of carbonyl (C=O) groups is 1. The van der Waals surface area contributed by atoms with E-state index in [0.717, 1.165) is 6.07 Å². The molecule has 0 aliphatic carbocycles. The molecule has 0 atom stereocenters. The SMILES string of the molecule is O=Cc1cc(C(F)F)ccn1. The van der Waals surface area contributed by atoms with Gasteiger partial charge in [0.05, 0.1) is 0 Å². The smallest absolute Gasteiger partial charge is 0.263 e. The molecule has 0 saturated heterocycles. The second kappa shape index (κ2) is 3.18. The number of halogens is 2. The Morgan fingerprint density at radius 3 is 2.82 bits per heavy atom. The zero-order chi connectivity index (χ0) is 8.27. The molecule has 0 unspecified atom stereocenters. The summed E-state index contributed by atoms with van der Waals surface area (Å²) in [4.78, 5) is 13.6. The zero-order valence-corrected chi connectivity index (χ0v) is 5.50. The topological polar surface area (TPSA) is 30.0 Å². The number of aldehydes is 1. The van der Waals surface area contributed by atoms with Crippen LogP contribution in [0.1, 0.15) is 22.5 Å². The molecule has 1 heterocycles. The van der Waals surface area contributed by atoms with Crippen molar-refractivity contribution in [1.82, 2.24) is 4.98 Å². The predicted octanol–water partition coefficient (Wildman–Crippen LogP) is 1.83. The van der Waals surface area contributed by atoms with Crippen LogP contribution in [-0.4, -0.2) is 11.3 Å². The van der Waals surface area contributed by atoms with Gasteiger partial charge in [-0.1, -0.05) is 0 Å². The molecule has 0 aliphatic rings. The van der Waals surface area contributed by atoms with Gasteiger partial charge in [-0.3, -0.25) is 9.78 Å². The molecule has 1 aromatic rings. The minimum absolute atomic E-state index is 0.0304. The third-order valence-corrected chi connectivity index (χ3v) is 1.18. The lowest BCUT2D eigenvalue weighted by atomic mass is 10.2. The highest BCUT2D eigenvalue weighted by Crippen LogP contribution is 2.17. The van der Waals surface area contributed by atoms with Crippen LogP contribution in [-0.2, 0) is 0 Å². The molecule has 0 fully saturated rings. The number of nitrogens with zero attached hydrogens (tertiary/aromatic N) is 1. The van der Waals surface area contributed by atoms with Crippen LogP contribution in [0.4, 0.5) is 8.78 Å². The second-order valence-electron chi connectivity index (χ2n) is 1.93. The first kappa shape index (κ1) is 7.78. The number of pyridine rings is 1. The largest absolute Gasteiger partial charge is 0.296 e. The Morgan fingerprint density at radius 1 is 1.55 bits per heavy atom. The summed E-state index contributed by atoms with van der Waals surface area (Å²) in [6.45, 7) is 0. The summed E-state index contributed by atoms with van der Waals surface area (Å²) >= 11 is 0. The van der Waals surface area contributed by atoms with E-state index in [1.807, 2.05) is 0 Å². The summed E-state index contributed by atoms with van der Waals surface area (Å²) < 4.78 is 23.9. The Hall–Kier alpha value is -1.32. The van der Waals surface area contributed by atoms with Gasteiger partial charge in [-0.2, -0.15) is 0 Å². The molecule has 58 valence electrons. The van der Waals surface area contributed by atoms with Gasteiger partial charge in [0.1, 0.15) is 5.69 Å². The lowest BCUT2D eigenvalue weighted by Gasteiger charge is -1.97. The molecule has 0 aliphatic heterocycles. The van der Waals surface area contributed by atoms with Crippen molar-refractivity contribution >= 4 is 6.29 Å². The van der Waals surface area contributed by atoms with E-state index in [1.54, 1.807) is 0 Å². The van der Waals surface area contributed by atoms with Crippen molar-refractivity contribution in [1.29, 1.82) is 0 Å². The van der Waals surface area contributed by atoms with E-state index in [1.165, 1.54) is 12.3 Å². The first-order chi connectivity index (χ1) is 5.24. The van der Waals surface area contributed by atoms with Gasteiger partial charge in [-0.05, 0) is 12.1 Å². The van der Waals surface area contributed by atoms with Crippen molar-refractivity contribution in [3.8, 4) is 0 Å². The van der Waals surface area contributed by atoms with E-state index >= 15 is 0 Å². The Bertz CT molecular complexity index is 262. The molecular weight excluding hydrogens is 152 g/mol. The fourth-order valence-electron chi connectivity index (χ4n) is 0.666. The molecule has 0 N–H and O–H groups in total. The van der Waals surface area contributed by atoms with Crippen LogP contribution in [0.3, 0.4) is 0 Å².